The van der Waals surface area contributed by atoms with Crippen molar-refractivity contribution in [1.29, 1.82) is 0 Å². The number of hydrazone groups is 1. The van der Waals surface area contributed by atoms with Crippen LogP contribution in [0.15, 0.2) is 58.1 Å². The van der Waals surface area contributed by atoms with Crippen molar-refractivity contribution in [2.24, 2.45) is 5.10 Å². The third kappa shape index (κ3) is 5.85. The number of nitrogens with one attached hydrogen (secondary N) is 1. The maximum absolute atomic E-state index is 12.4. The van der Waals surface area contributed by atoms with Crippen molar-refractivity contribution in [2.45, 2.75) is 20.4 Å². The molecule has 0 aliphatic carbocycles. The van der Waals surface area contributed by atoms with Gasteiger partial charge in [0.15, 0.2) is 0 Å². The number of nitrogens with zero attached hydrogens (tertiary/aromatic N) is 4. The highest BCUT2D eigenvalue weighted by Gasteiger charge is 2.15. The number of hydrogen-bond acceptors (Lipinski definition) is 7. The molecular weight excluding hydrogens is 482 g/mol. The van der Waals surface area contributed by atoms with Gasteiger partial charge in [0.05, 0.1) is 29.6 Å². The first kappa shape index (κ1) is 22.8. The maximum atomic E-state index is 12.4. The smallest absolute Gasteiger partial charge is 0.390 e. The van der Waals surface area contributed by atoms with E-state index in [0.29, 0.717) is 29.1 Å². The zero-order valence-corrected chi connectivity index (χ0v) is 18.7. The minimum absolute atomic E-state index is 0.210. The average Bonchev–Trinajstić information content (AvgIpc) is 3.11. The number of benzene rings is 2. The summed E-state index contributed by atoms with van der Waals surface area (Å²) >= 11 is 3.33. The highest BCUT2D eigenvalue weighted by molar-refractivity contribution is 9.10. The second-order valence-corrected chi connectivity index (χ2v) is 7.65. The Morgan fingerprint density at radius 2 is 1.97 bits per heavy atom. The summed E-state index contributed by atoms with van der Waals surface area (Å²) in [5.41, 5.74) is 4.80. The lowest BCUT2D eigenvalue weighted by atomic mass is 10.1. The molecule has 1 N–H and O–H groups in total. The van der Waals surface area contributed by atoms with E-state index in [1.165, 1.54) is 23.9 Å². The molecule has 0 bridgehead atoms. The van der Waals surface area contributed by atoms with Crippen LogP contribution >= 0.6 is 15.9 Å². The van der Waals surface area contributed by atoms with Crippen LogP contribution < -0.4 is 10.2 Å². The molecule has 1 amide bonds. The molecule has 3 aromatic rings. The first-order chi connectivity index (χ1) is 15.2. The molecule has 0 fully saturated rings. The third-order valence-electron chi connectivity index (χ3n) is 4.30. The molecule has 0 radical (unpaired) electrons. The second kappa shape index (κ2) is 9.96. The number of rotatable bonds is 7. The van der Waals surface area contributed by atoms with E-state index in [4.69, 9.17) is 4.74 Å². The van der Waals surface area contributed by atoms with Crippen LogP contribution in [-0.2, 0) is 11.3 Å². The van der Waals surface area contributed by atoms with Crippen LogP contribution in [0.25, 0.3) is 0 Å². The fraction of sp³-hybridized carbons (Fsp3) is 0.143. The van der Waals surface area contributed by atoms with Gasteiger partial charge in [0, 0.05) is 22.5 Å². The van der Waals surface area contributed by atoms with Crippen molar-refractivity contribution < 1.29 is 19.2 Å². The van der Waals surface area contributed by atoms with Gasteiger partial charge in [-0.3, -0.25) is 9.59 Å². The summed E-state index contributed by atoms with van der Waals surface area (Å²) in [5, 5.41) is 18.7. The maximum Gasteiger partial charge on any atom is 0.390 e. The molecule has 0 spiro atoms. The van der Waals surface area contributed by atoms with Crippen LogP contribution in [0.4, 0.5) is 5.82 Å². The molecule has 11 heteroatoms. The number of ether oxygens (including phenoxy) is 1. The molecule has 3 rings (SSSR count). The SMILES string of the molecule is CC(=O)Oc1ccc(Br)cc1/C=N/NC(=O)c1ccc(Cn2nc([N+](=O)[O-])cc2C)cc1. The topological polar surface area (TPSA) is 129 Å². The monoisotopic (exact) mass is 499 g/mol. The largest absolute Gasteiger partial charge is 0.426 e. The first-order valence-electron chi connectivity index (χ1n) is 9.32. The summed E-state index contributed by atoms with van der Waals surface area (Å²) in [6.07, 6.45) is 1.38. The lowest BCUT2D eigenvalue weighted by molar-refractivity contribution is -0.389. The van der Waals surface area contributed by atoms with Crippen molar-refractivity contribution in [1.82, 2.24) is 15.2 Å². The summed E-state index contributed by atoms with van der Waals surface area (Å²) < 4.78 is 7.40. The number of aromatic nitrogens is 2. The summed E-state index contributed by atoms with van der Waals surface area (Å²) in [6, 6.07) is 13.1. The van der Waals surface area contributed by atoms with Gasteiger partial charge in [-0.1, -0.05) is 28.1 Å². The van der Waals surface area contributed by atoms with Gasteiger partial charge < -0.3 is 14.9 Å². The summed E-state index contributed by atoms with van der Waals surface area (Å²) in [5.74, 6) is -0.787. The van der Waals surface area contributed by atoms with Crippen LogP contribution in [0, 0.1) is 17.0 Å². The number of esters is 1. The molecule has 0 unspecified atom stereocenters. The van der Waals surface area contributed by atoms with E-state index in [2.05, 4.69) is 31.6 Å². The molecule has 1 heterocycles. The molecule has 164 valence electrons. The zero-order valence-electron chi connectivity index (χ0n) is 17.1. The second-order valence-electron chi connectivity index (χ2n) is 6.73. The minimum atomic E-state index is -0.541. The van der Waals surface area contributed by atoms with Gasteiger partial charge in [-0.15, -0.1) is 0 Å². The number of carbonyl (C=O) groups excluding carboxylic acids is 2. The van der Waals surface area contributed by atoms with Gasteiger partial charge in [-0.25, -0.2) is 5.43 Å². The summed E-state index contributed by atoms with van der Waals surface area (Å²) in [6.45, 7) is 3.36. The van der Waals surface area contributed by atoms with E-state index in [0.717, 1.165) is 10.0 Å². The summed E-state index contributed by atoms with van der Waals surface area (Å²) in [4.78, 5) is 33.9. The number of halogens is 1. The van der Waals surface area contributed by atoms with Crippen LogP contribution in [0.5, 0.6) is 5.75 Å². The predicted octanol–water partition coefficient (Wildman–Crippen LogP) is 3.60. The Morgan fingerprint density at radius 1 is 1.25 bits per heavy atom. The van der Waals surface area contributed by atoms with Crippen LogP contribution in [0.1, 0.15) is 34.1 Å². The Morgan fingerprint density at radius 3 is 2.59 bits per heavy atom. The molecule has 10 nitrogen and oxygen atoms in total. The fourth-order valence-electron chi connectivity index (χ4n) is 2.77. The Balaban J connectivity index is 1.65. The van der Waals surface area contributed by atoms with Crippen molar-refractivity contribution in [3.05, 3.63) is 85.5 Å². The molecule has 0 atom stereocenters. The summed E-state index contributed by atoms with van der Waals surface area (Å²) in [7, 11) is 0. The Bertz CT molecular complexity index is 1200. The molecule has 0 saturated carbocycles. The van der Waals surface area contributed by atoms with E-state index < -0.39 is 16.8 Å². The van der Waals surface area contributed by atoms with Crippen LogP contribution in [0.2, 0.25) is 0 Å². The van der Waals surface area contributed by atoms with Gasteiger partial charge in [-0.05, 0) is 47.7 Å². The average molecular weight is 500 g/mol. The highest BCUT2D eigenvalue weighted by atomic mass is 79.9. The van der Waals surface area contributed by atoms with Crippen LogP contribution in [0.3, 0.4) is 0 Å². The highest BCUT2D eigenvalue weighted by Crippen LogP contribution is 2.22. The lowest BCUT2D eigenvalue weighted by Gasteiger charge is -2.06. The lowest BCUT2D eigenvalue weighted by Crippen LogP contribution is -2.17. The van der Waals surface area contributed by atoms with Gasteiger partial charge in [0.1, 0.15) is 5.75 Å². The Hall–Kier alpha value is -3.86. The van der Waals surface area contributed by atoms with Crippen molar-refractivity contribution >= 4 is 39.8 Å². The van der Waals surface area contributed by atoms with Crippen molar-refractivity contribution in [3.8, 4) is 5.75 Å². The quantitative estimate of drug-likeness (QED) is 0.174. The first-order valence-corrected chi connectivity index (χ1v) is 10.1. The van der Waals surface area contributed by atoms with E-state index in [-0.39, 0.29) is 5.82 Å². The van der Waals surface area contributed by atoms with E-state index in [1.54, 1.807) is 49.4 Å². The van der Waals surface area contributed by atoms with Crippen molar-refractivity contribution in [3.63, 3.8) is 0 Å². The van der Waals surface area contributed by atoms with Gasteiger partial charge in [0.2, 0.25) is 0 Å². The van der Waals surface area contributed by atoms with Gasteiger partial charge in [0.25, 0.3) is 5.91 Å². The normalized spacial score (nSPS) is 10.8. The Labute approximate surface area is 191 Å². The van der Waals surface area contributed by atoms with E-state index >= 15 is 0 Å². The molecule has 0 aliphatic rings. The van der Waals surface area contributed by atoms with Crippen molar-refractivity contribution in [2.75, 3.05) is 0 Å². The predicted molar refractivity (Wildman–Crippen MR) is 120 cm³/mol. The number of aryl methyl sites for hydroxylation is 1. The van der Waals surface area contributed by atoms with E-state index in [1.807, 2.05) is 0 Å². The van der Waals surface area contributed by atoms with Gasteiger partial charge >= 0.3 is 11.8 Å². The fourth-order valence-corrected chi connectivity index (χ4v) is 3.15. The molecule has 0 saturated heterocycles. The molecule has 2 aromatic carbocycles. The number of nitro groups is 1. The Kier molecular flexibility index (Phi) is 7.11. The minimum Gasteiger partial charge on any atom is -0.426 e. The number of hydrogen-bond donors (Lipinski definition) is 1. The zero-order chi connectivity index (χ0) is 23.3. The van der Waals surface area contributed by atoms with E-state index in [9.17, 15) is 19.7 Å². The molecule has 1 aromatic heterocycles. The van der Waals surface area contributed by atoms with Gasteiger partial charge in [-0.2, -0.15) is 9.78 Å². The number of amides is 1. The molecular formula is C21H18BrN5O5. The third-order valence-corrected chi connectivity index (χ3v) is 4.79. The van der Waals surface area contributed by atoms with Crippen LogP contribution in [-0.4, -0.2) is 32.8 Å². The molecule has 32 heavy (non-hydrogen) atoms. The number of carbonyl (C=O) groups is 2. The standard InChI is InChI=1S/C21H18BrN5O5/c1-13-9-20(27(30)31)25-26(13)12-15-3-5-16(6-4-15)21(29)24-23-11-17-10-18(22)7-8-19(17)32-14(2)28/h3-11H,12H2,1-2H3,(H,24,29)/b23-11+. The molecule has 0 aliphatic heterocycles.